The zero-order valence-corrected chi connectivity index (χ0v) is 14.9. The largest absolute Gasteiger partial charge is 0.497 e. The lowest BCUT2D eigenvalue weighted by atomic mass is 10.2. The first-order chi connectivity index (χ1) is 11.6. The SMILES string of the molecule is CCC(C)N(C)Cc1nc2ccccc2n1-c1ccc(OC)cc1. The molecule has 1 aromatic heterocycles. The Hall–Kier alpha value is -2.33. The summed E-state index contributed by atoms with van der Waals surface area (Å²) in [5, 5.41) is 0. The van der Waals surface area contributed by atoms with Gasteiger partial charge in [-0.25, -0.2) is 4.98 Å². The van der Waals surface area contributed by atoms with Crippen molar-refractivity contribution in [3.05, 3.63) is 54.4 Å². The molecule has 3 rings (SSSR count). The van der Waals surface area contributed by atoms with Crippen molar-refractivity contribution in [2.75, 3.05) is 14.2 Å². The Kier molecular flexibility index (Phi) is 4.86. The van der Waals surface area contributed by atoms with Crippen molar-refractivity contribution in [1.29, 1.82) is 0 Å². The molecule has 1 unspecified atom stereocenters. The third kappa shape index (κ3) is 3.15. The van der Waals surface area contributed by atoms with E-state index in [-0.39, 0.29) is 0 Å². The van der Waals surface area contributed by atoms with Crippen LogP contribution in [0.1, 0.15) is 26.1 Å². The molecule has 1 heterocycles. The number of hydrogen-bond donors (Lipinski definition) is 0. The second kappa shape index (κ2) is 7.05. The van der Waals surface area contributed by atoms with Crippen molar-refractivity contribution < 1.29 is 4.74 Å². The molecule has 0 bridgehead atoms. The molecule has 4 heteroatoms. The Labute approximate surface area is 143 Å². The monoisotopic (exact) mass is 323 g/mol. The molecule has 0 aliphatic carbocycles. The van der Waals surface area contributed by atoms with E-state index in [0.717, 1.165) is 41.3 Å². The van der Waals surface area contributed by atoms with Crippen molar-refractivity contribution in [3.63, 3.8) is 0 Å². The van der Waals surface area contributed by atoms with E-state index in [1.54, 1.807) is 7.11 Å². The number of aromatic nitrogens is 2. The highest BCUT2D eigenvalue weighted by Gasteiger charge is 2.16. The van der Waals surface area contributed by atoms with Crippen molar-refractivity contribution in [2.24, 2.45) is 0 Å². The topological polar surface area (TPSA) is 30.3 Å². The van der Waals surface area contributed by atoms with Gasteiger partial charge in [0.25, 0.3) is 0 Å². The molecule has 0 aliphatic heterocycles. The van der Waals surface area contributed by atoms with Crippen molar-refractivity contribution >= 4 is 11.0 Å². The summed E-state index contributed by atoms with van der Waals surface area (Å²) >= 11 is 0. The summed E-state index contributed by atoms with van der Waals surface area (Å²) in [6.45, 7) is 5.28. The van der Waals surface area contributed by atoms with Gasteiger partial charge in [0, 0.05) is 11.7 Å². The molecule has 3 aromatic rings. The first-order valence-corrected chi connectivity index (χ1v) is 8.45. The zero-order chi connectivity index (χ0) is 17.1. The van der Waals surface area contributed by atoms with Crippen molar-refractivity contribution in [2.45, 2.75) is 32.9 Å². The average Bonchev–Trinajstić information content (AvgIpc) is 2.98. The summed E-state index contributed by atoms with van der Waals surface area (Å²) in [5.74, 6) is 1.92. The minimum atomic E-state index is 0.522. The van der Waals surface area contributed by atoms with Gasteiger partial charge in [-0.3, -0.25) is 9.47 Å². The normalized spacial score (nSPS) is 12.7. The van der Waals surface area contributed by atoms with E-state index in [9.17, 15) is 0 Å². The molecular formula is C20H25N3O. The van der Waals surface area contributed by atoms with Gasteiger partial charge >= 0.3 is 0 Å². The van der Waals surface area contributed by atoms with Gasteiger partial charge in [-0.15, -0.1) is 0 Å². The van der Waals surface area contributed by atoms with Crippen LogP contribution in [0.3, 0.4) is 0 Å². The molecule has 0 fully saturated rings. The van der Waals surface area contributed by atoms with Gasteiger partial charge in [-0.1, -0.05) is 19.1 Å². The number of para-hydroxylation sites is 2. The van der Waals surface area contributed by atoms with E-state index in [4.69, 9.17) is 9.72 Å². The molecule has 4 nitrogen and oxygen atoms in total. The fourth-order valence-electron chi connectivity index (χ4n) is 2.89. The molecule has 24 heavy (non-hydrogen) atoms. The highest BCUT2D eigenvalue weighted by molar-refractivity contribution is 5.78. The number of fused-ring (bicyclic) bond motifs is 1. The molecule has 0 saturated heterocycles. The van der Waals surface area contributed by atoms with E-state index in [2.05, 4.69) is 60.7 Å². The summed E-state index contributed by atoms with van der Waals surface area (Å²) in [4.78, 5) is 7.23. The van der Waals surface area contributed by atoms with Gasteiger partial charge in [0.1, 0.15) is 11.6 Å². The van der Waals surface area contributed by atoms with Crippen LogP contribution >= 0.6 is 0 Å². The second-order valence-corrected chi connectivity index (χ2v) is 6.22. The lowest BCUT2D eigenvalue weighted by molar-refractivity contribution is 0.237. The third-order valence-electron chi connectivity index (χ3n) is 4.69. The van der Waals surface area contributed by atoms with Crippen LogP contribution in [0.2, 0.25) is 0 Å². The van der Waals surface area contributed by atoms with Crippen LogP contribution in [-0.4, -0.2) is 34.7 Å². The molecule has 1 atom stereocenters. The predicted octanol–water partition coefficient (Wildman–Crippen LogP) is 4.26. The number of methoxy groups -OCH3 is 1. The number of hydrogen-bond acceptors (Lipinski definition) is 3. The maximum Gasteiger partial charge on any atom is 0.128 e. The Balaban J connectivity index is 2.07. The molecule has 2 aromatic carbocycles. The quantitative estimate of drug-likeness (QED) is 0.679. The summed E-state index contributed by atoms with van der Waals surface area (Å²) in [5.41, 5.74) is 3.27. The van der Waals surface area contributed by atoms with Crippen LogP contribution in [0.4, 0.5) is 0 Å². The van der Waals surface area contributed by atoms with Crippen LogP contribution in [0.15, 0.2) is 48.5 Å². The van der Waals surface area contributed by atoms with Crippen LogP contribution < -0.4 is 4.74 Å². The minimum Gasteiger partial charge on any atom is -0.497 e. The molecule has 0 saturated carbocycles. The van der Waals surface area contributed by atoms with Gasteiger partial charge in [0.15, 0.2) is 0 Å². The number of rotatable bonds is 6. The first kappa shape index (κ1) is 16.5. The van der Waals surface area contributed by atoms with Crippen molar-refractivity contribution in [3.8, 4) is 11.4 Å². The van der Waals surface area contributed by atoms with Gasteiger partial charge in [-0.2, -0.15) is 0 Å². The molecule has 0 spiro atoms. The Morgan fingerprint density at radius 3 is 2.50 bits per heavy atom. The molecule has 0 aliphatic rings. The number of benzene rings is 2. The van der Waals surface area contributed by atoms with E-state index >= 15 is 0 Å². The zero-order valence-electron chi connectivity index (χ0n) is 14.9. The maximum atomic E-state index is 5.28. The summed E-state index contributed by atoms with van der Waals surface area (Å²) < 4.78 is 7.53. The first-order valence-electron chi connectivity index (χ1n) is 8.45. The van der Waals surface area contributed by atoms with E-state index in [0.29, 0.717) is 6.04 Å². The minimum absolute atomic E-state index is 0.522. The maximum absolute atomic E-state index is 5.28. The smallest absolute Gasteiger partial charge is 0.128 e. The van der Waals surface area contributed by atoms with Gasteiger partial charge in [0.05, 0.1) is 24.7 Å². The van der Waals surface area contributed by atoms with Gasteiger partial charge in [-0.05, 0) is 56.8 Å². The van der Waals surface area contributed by atoms with Gasteiger partial charge in [0.2, 0.25) is 0 Å². The van der Waals surface area contributed by atoms with Crippen LogP contribution in [0, 0.1) is 0 Å². The average molecular weight is 323 g/mol. The Morgan fingerprint density at radius 2 is 1.83 bits per heavy atom. The lowest BCUT2D eigenvalue weighted by Gasteiger charge is -2.23. The summed E-state index contributed by atoms with van der Waals surface area (Å²) in [6.07, 6.45) is 1.12. The van der Waals surface area contributed by atoms with Gasteiger partial charge < -0.3 is 4.74 Å². The van der Waals surface area contributed by atoms with Crippen LogP contribution in [0.25, 0.3) is 16.7 Å². The summed E-state index contributed by atoms with van der Waals surface area (Å²) in [7, 11) is 3.85. The standard InChI is InChI=1S/C20H25N3O/c1-5-15(2)22(3)14-20-21-18-8-6-7-9-19(18)23(20)16-10-12-17(24-4)13-11-16/h6-13,15H,5,14H2,1-4H3. The molecule has 0 radical (unpaired) electrons. The Morgan fingerprint density at radius 1 is 1.12 bits per heavy atom. The molecule has 126 valence electrons. The summed E-state index contributed by atoms with van der Waals surface area (Å²) in [6, 6.07) is 17.0. The fraction of sp³-hybridized carbons (Fsp3) is 0.350. The van der Waals surface area contributed by atoms with Crippen LogP contribution in [-0.2, 0) is 6.54 Å². The highest BCUT2D eigenvalue weighted by atomic mass is 16.5. The Bertz CT molecular complexity index is 807. The molecular weight excluding hydrogens is 298 g/mol. The molecule has 0 N–H and O–H groups in total. The molecule has 0 amide bonds. The lowest BCUT2D eigenvalue weighted by Crippen LogP contribution is -2.29. The number of imidazole rings is 1. The highest BCUT2D eigenvalue weighted by Crippen LogP contribution is 2.24. The van der Waals surface area contributed by atoms with Crippen molar-refractivity contribution in [1.82, 2.24) is 14.5 Å². The predicted molar refractivity (Wildman–Crippen MR) is 98.8 cm³/mol. The van der Waals surface area contributed by atoms with E-state index in [1.807, 2.05) is 18.2 Å². The number of ether oxygens (including phenoxy) is 1. The van der Waals surface area contributed by atoms with E-state index < -0.39 is 0 Å². The fourth-order valence-corrected chi connectivity index (χ4v) is 2.89. The third-order valence-corrected chi connectivity index (χ3v) is 4.69. The second-order valence-electron chi connectivity index (χ2n) is 6.22. The number of nitrogens with zero attached hydrogens (tertiary/aromatic N) is 3. The van der Waals surface area contributed by atoms with E-state index in [1.165, 1.54) is 0 Å². The van der Waals surface area contributed by atoms with Crippen LogP contribution in [0.5, 0.6) is 5.75 Å².